The van der Waals surface area contributed by atoms with Gasteiger partial charge in [0.25, 0.3) is 5.91 Å². The Morgan fingerprint density at radius 1 is 1.17 bits per heavy atom. The molecule has 0 saturated carbocycles. The molecule has 1 heterocycles. The minimum absolute atomic E-state index is 0.118. The zero-order valence-electron chi connectivity index (χ0n) is 13.5. The number of carbonyl (C=O) groups is 1. The van der Waals surface area contributed by atoms with E-state index >= 15 is 0 Å². The molecule has 6 heteroatoms. The number of nitrogens with one attached hydrogen (secondary N) is 1. The molecular formula is C17H22N4O2. The van der Waals surface area contributed by atoms with E-state index in [1.807, 2.05) is 37.3 Å². The van der Waals surface area contributed by atoms with E-state index in [9.17, 15) is 4.79 Å². The number of methoxy groups -OCH3 is 1. The van der Waals surface area contributed by atoms with E-state index in [4.69, 9.17) is 4.74 Å². The molecule has 0 fully saturated rings. The highest BCUT2D eigenvalue weighted by Crippen LogP contribution is 2.09. The van der Waals surface area contributed by atoms with Gasteiger partial charge in [0.05, 0.1) is 6.61 Å². The Morgan fingerprint density at radius 2 is 1.96 bits per heavy atom. The quantitative estimate of drug-likeness (QED) is 0.757. The van der Waals surface area contributed by atoms with Crippen molar-refractivity contribution >= 4 is 11.7 Å². The minimum Gasteiger partial charge on any atom is -0.383 e. The first-order valence-corrected chi connectivity index (χ1v) is 7.64. The lowest BCUT2D eigenvalue weighted by atomic mass is 10.2. The molecular weight excluding hydrogens is 292 g/mol. The fraction of sp³-hybridized carbons (Fsp3) is 0.353. The van der Waals surface area contributed by atoms with Crippen molar-refractivity contribution in [1.82, 2.24) is 15.1 Å². The lowest BCUT2D eigenvalue weighted by Gasteiger charge is -2.20. The van der Waals surface area contributed by atoms with Crippen molar-refractivity contribution in [2.45, 2.75) is 13.5 Å². The number of benzene rings is 1. The molecule has 0 aliphatic carbocycles. The average Bonchev–Trinajstić information content (AvgIpc) is 2.61. The van der Waals surface area contributed by atoms with Crippen LogP contribution in [0.3, 0.4) is 0 Å². The molecule has 1 aromatic carbocycles. The van der Waals surface area contributed by atoms with Crippen molar-refractivity contribution < 1.29 is 9.53 Å². The highest BCUT2D eigenvalue weighted by atomic mass is 16.5. The van der Waals surface area contributed by atoms with Crippen LogP contribution in [0.25, 0.3) is 0 Å². The monoisotopic (exact) mass is 314 g/mol. The van der Waals surface area contributed by atoms with Gasteiger partial charge in [-0.3, -0.25) is 4.79 Å². The molecule has 0 spiro atoms. The van der Waals surface area contributed by atoms with Gasteiger partial charge in [0.2, 0.25) is 0 Å². The van der Waals surface area contributed by atoms with Crippen LogP contribution in [0.1, 0.15) is 23.0 Å². The molecule has 2 aromatic rings. The first-order valence-electron chi connectivity index (χ1n) is 7.64. The van der Waals surface area contributed by atoms with Crippen LogP contribution < -0.4 is 5.32 Å². The highest BCUT2D eigenvalue weighted by Gasteiger charge is 2.16. The largest absolute Gasteiger partial charge is 0.383 e. The number of anilines is 1. The fourth-order valence-corrected chi connectivity index (χ4v) is 2.11. The third-order valence-corrected chi connectivity index (χ3v) is 3.38. The van der Waals surface area contributed by atoms with Crippen molar-refractivity contribution in [3.63, 3.8) is 0 Å². The zero-order chi connectivity index (χ0) is 16.5. The van der Waals surface area contributed by atoms with E-state index in [1.54, 1.807) is 24.1 Å². The van der Waals surface area contributed by atoms with Crippen molar-refractivity contribution in [1.29, 1.82) is 0 Å². The molecule has 1 aromatic heterocycles. The third kappa shape index (κ3) is 5.03. The summed E-state index contributed by atoms with van der Waals surface area (Å²) in [7, 11) is 1.64. The predicted octanol–water partition coefficient (Wildman–Crippen LogP) is 2.20. The van der Waals surface area contributed by atoms with Crippen LogP contribution in [0.15, 0.2) is 42.5 Å². The second-order valence-corrected chi connectivity index (χ2v) is 5.03. The summed E-state index contributed by atoms with van der Waals surface area (Å²) in [5.74, 6) is 0.511. The first kappa shape index (κ1) is 16.9. The van der Waals surface area contributed by atoms with Crippen LogP contribution in [-0.2, 0) is 11.3 Å². The van der Waals surface area contributed by atoms with Gasteiger partial charge >= 0.3 is 0 Å². The zero-order valence-corrected chi connectivity index (χ0v) is 13.5. The number of ether oxygens (including phenoxy) is 1. The molecule has 0 aliphatic rings. The molecule has 0 radical (unpaired) electrons. The van der Waals surface area contributed by atoms with Crippen molar-refractivity contribution in [2.75, 3.05) is 32.1 Å². The number of rotatable bonds is 8. The van der Waals surface area contributed by atoms with Gasteiger partial charge in [-0.1, -0.05) is 30.3 Å². The van der Waals surface area contributed by atoms with E-state index < -0.39 is 0 Å². The summed E-state index contributed by atoms with van der Waals surface area (Å²) in [5.41, 5.74) is 1.44. The highest BCUT2D eigenvalue weighted by molar-refractivity contribution is 5.92. The van der Waals surface area contributed by atoms with Gasteiger partial charge in [0.1, 0.15) is 5.82 Å². The van der Waals surface area contributed by atoms with Crippen molar-refractivity contribution in [3.8, 4) is 0 Å². The van der Waals surface area contributed by atoms with Gasteiger partial charge in [-0.15, -0.1) is 10.2 Å². The van der Waals surface area contributed by atoms with Gasteiger partial charge in [-0.25, -0.2) is 0 Å². The van der Waals surface area contributed by atoms with Gasteiger partial charge < -0.3 is 15.0 Å². The summed E-state index contributed by atoms with van der Waals surface area (Å²) in [6.07, 6.45) is 0. The predicted molar refractivity (Wildman–Crippen MR) is 89.3 cm³/mol. The number of carbonyl (C=O) groups excluding carboxylic acids is 1. The Morgan fingerprint density at radius 3 is 2.57 bits per heavy atom. The topological polar surface area (TPSA) is 67.4 Å². The molecule has 0 aliphatic heterocycles. The Labute approximate surface area is 136 Å². The Kier molecular flexibility index (Phi) is 6.50. The molecule has 1 N–H and O–H groups in total. The van der Waals surface area contributed by atoms with E-state index in [0.717, 1.165) is 5.56 Å². The molecule has 1 amide bonds. The van der Waals surface area contributed by atoms with Crippen LogP contribution >= 0.6 is 0 Å². The van der Waals surface area contributed by atoms with Crippen molar-refractivity contribution in [2.24, 2.45) is 0 Å². The lowest BCUT2D eigenvalue weighted by Crippen LogP contribution is -2.31. The Hall–Kier alpha value is -2.47. The number of amides is 1. The van der Waals surface area contributed by atoms with Gasteiger partial charge in [-0.05, 0) is 24.6 Å². The fourth-order valence-electron chi connectivity index (χ4n) is 2.11. The van der Waals surface area contributed by atoms with Crippen LogP contribution in [0.5, 0.6) is 0 Å². The number of aromatic nitrogens is 2. The Balaban J connectivity index is 2.00. The maximum absolute atomic E-state index is 12.5. The van der Waals surface area contributed by atoms with E-state index in [-0.39, 0.29) is 5.91 Å². The maximum Gasteiger partial charge on any atom is 0.274 e. The lowest BCUT2D eigenvalue weighted by molar-refractivity contribution is 0.0745. The van der Waals surface area contributed by atoms with Crippen LogP contribution in [0, 0.1) is 0 Å². The first-order chi connectivity index (χ1) is 11.2. The normalized spacial score (nSPS) is 10.3. The van der Waals surface area contributed by atoms with Crippen LogP contribution in [0.2, 0.25) is 0 Å². The number of nitrogens with zero attached hydrogens (tertiary/aromatic N) is 3. The molecule has 0 atom stereocenters. The summed E-state index contributed by atoms with van der Waals surface area (Å²) in [6, 6.07) is 13.4. The third-order valence-electron chi connectivity index (χ3n) is 3.38. The summed E-state index contributed by atoms with van der Waals surface area (Å²) in [4.78, 5) is 14.3. The van der Waals surface area contributed by atoms with Gasteiger partial charge in [0, 0.05) is 26.7 Å². The number of hydrogen-bond donors (Lipinski definition) is 1. The molecule has 0 unspecified atom stereocenters. The molecule has 0 saturated heterocycles. The number of hydrogen-bond acceptors (Lipinski definition) is 5. The maximum atomic E-state index is 12.5. The molecule has 0 bridgehead atoms. The van der Waals surface area contributed by atoms with Crippen LogP contribution in [0.4, 0.5) is 5.82 Å². The Bertz CT molecular complexity index is 602. The van der Waals surface area contributed by atoms with Gasteiger partial charge in [0.15, 0.2) is 5.69 Å². The molecule has 2 rings (SSSR count). The SMILES string of the molecule is CCN(Cc1ccccc1)C(=O)c1ccc(NCCOC)nn1. The van der Waals surface area contributed by atoms with Crippen LogP contribution in [-0.4, -0.2) is 47.8 Å². The van der Waals surface area contributed by atoms with E-state index in [1.165, 1.54) is 0 Å². The van der Waals surface area contributed by atoms with Crippen molar-refractivity contribution in [3.05, 3.63) is 53.7 Å². The smallest absolute Gasteiger partial charge is 0.274 e. The summed E-state index contributed by atoms with van der Waals surface area (Å²) in [6.45, 7) is 4.36. The summed E-state index contributed by atoms with van der Waals surface area (Å²) in [5, 5.41) is 11.1. The second-order valence-electron chi connectivity index (χ2n) is 5.03. The van der Waals surface area contributed by atoms with E-state index in [2.05, 4.69) is 15.5 Å². The van der Waals surface area contributed by atoms with E-state index in [0.29, 0.717) is 37.8 Å². The standard InChI is InChI=1S/C17H22N4O2/c1-3-21(13-14-7-5-4-6-8-14)17(22)15-9-10-16(20-19-15)18-11-12-23-2/h4-10H,3,11-13H2,1-2H3,(H,18,20). The molecule has 122 valence electrons. The molecule has 23 heavy (non-hydrogen) atoms. The average molecular weight is 314 g/mol. The minimum atomic E-state index is -0.118. The van der Waals surface area contributed by atoms with Gasteiger partial charge in [-0.2, -0.15) is 0 Å². The summed E-state index contributed by atoms with van der Waals surface area (Å²) >= 11 is 0. The molecule has 6 nitrogen and oxygen atoms in total. The second kappa shape index (κ2) is 8.85. The summed E-state index contributed by atoms with van der Waals surface area (Å²) < 4.78 is 4.96.